The van der Waals surface area contributed by atoms with Crippen LogP contribution in [0.25, 0.3) is 4.91 Å². The SMILES string of the molecule is CC(C)(C)N1C(=O)C=C(c2cccc(O[Si](C)(C)C(C)(C)C)c2)S1(=O)=O. The van der Waals surface area contributed by atoms with E-state index in [4.69, 9.17) is 4.43 Å². The zero-order valence-electron chi connectivity index (χ0n) is 16.9. The fourth-order valence-electron chi connectivity index (χ4n) is 2.55. The molecule has 1 aromatic rings. The van der Waals surface area contributed by atoms with E-state index in [1.165, 1.54) is 6.08 Å². The van der Waals surface area contributed by atoms with Crippen LogP contribution in [0.3, 0.4) is 0 Å². The van der Waals surface area contributed by atoms with E-state index in [2.05, 4.69) is 33.9 Å². The molecule has 0 spiro atoms. The van der Waals surface area contributed by atoms with Gasteiger partial charge in [0.1, 0.15) is 10.7 Å². The van der Waals surface area contributed by atoms with Gasteiger partial charge in [0.25, 0.3) is 15.9 Å². The first-order chi connectivity index (χ1) is 11.6. The fourth-order valence-corrected chi connectivity index (χ4v) is 5.45. The van der Waals surface area contributed by atoms with Crippen molar-refractivity contribution >= 4 is 29.2 Å². The number of amides is 1. The molecule has 5 nitrogen and oxygen atoms in total. The number of rotatable bonds is 3. The van der Waals surface area contributed by atoms with Crippen molar-refractivity contribution in [1.82, 2.24) is 4.31 Å². The van der Waals surface area contributed by atoms with Crippen LogP contribution in [0, 0.1) is 0 Å². The molecule has 0 saturated heterocycles. The number of sulfonamides is 1. The molecule has 0 N–H and O–H groups in total. The van der Waals surface area contributed by atoms with Crippen LogP contribution in [0.5, 0.6) is 5.75 Å². The fraction of sp³-hybridized carbons (Fsp3) is 0.526. The van der Waals surface area contributed by atoms with Gasteiger partial charge in [-0.15, -0.1) is 0 Å². The van der Waals surface area contributed by atoms with E-state index in [1.54, 1.807) is 39.0 Å². The zero-order chi connectivity index (χ0) is 20.1. The van der Waals surface area contributed by atoms with Gasteiger partial charge in [-0.2, -0.15) is 0 Å². The minimum Gasteiger partial charge on any atom is -0.543 e. The number of hydrogen-bond acceptors (Lipinski definition) is 4. The van der Waals surface area contributed by atoms with E-state index in [1.807, 2.05) is 6.07 Å². The number of hydrogen-bond donors (Lipinski definition) is 0. The summed E-state index contributed by atoms with van der Waals surface area (Å²) in [6.45, 7) is 15.8. The second-order valence-electron chi connectivity index (χ2n) is 9.18. The summed E-state index contributed by atoms with van der Waals surface area (Å²) < 4.78 is 33.0. The minimum absolute atomic E-state index is 0.0260. The first-order valence-electron chi connectivity index (χ1n) is 8.68. The van der Waals surface area contributed by atoms with Crippen LogP contribution in [0.4, 0.5) is 0 Å². The van der Waals surface area contributed by atoms with Crippen molar-refractivity contribution in [3.8, 4) is 5.75 Å². The van der Waals surface area contributed by atoms with Crippen LogP contribution in [0.1, 0.15) is 47.1 Å². The van der Waals surface area contributed by atoms with Crippen molar-refractivity contribution < 1.29 is 17.6 Å². The van der Waals surface area contributed by atoms with Crippen molar-refractivity contribution in [2.45, 2.75) is 65.2 Å². The van der Waals surface area contributed by atoms with Gasteiger partial charge in [0.15, 0.2) is 0 Å². The van der Waals surface area contributed by atoms with Gasteiger partial charge in [-0.25, -0.2) is 12.7 Å². The van der Waals surface area contributed by atoms with E-state index in [0.29, 0.717) is 11.3 Å². The third kappa shape index (κ3) is 3.73. The number of carbonyl (C=O) groups is 1. The Hall–Kier alpha value is -1.60. The van der Waals surface area contributed by atoms with E-state index >= 15 is 0 Å². The van der Waals surface area contributed by atoms with Gasteiger partial charge in [-0.1, -0.05) is 32.9 Å². The molecule has 7 heteroatoms. The van der Waals surface area contributed by atoms with Crippen molar-refractivity contribution in [3.63, 3.8) is 0 Å². The molecule has 1 aromatic carbocycles. The minimum atomic E-state index is -3.88. The summed E-state index contributed by atoms with van der Waals surface area (Å²) in [5.74, 6) is 0.120. The highest BCUT2D eigenvalue weighted by Crippen LogP contribution is 2.39. The summed E-state index contributed by atoms with van der Waals surface area (Å²) in [5, 5.41) is 0.0285. The maximum absolute atomic E-state index is 12.9. The van der Waals surface area contributed by atoms with Crippen LogP contribution in [-0.2, 0) is 14.8 Å². The molecule has 0 fully saturated rings. The van der Waals surface area contributed by atoms with Gasteiger partial charge in [0.05, 0.1) is 5.54 Å². The smallest absolute Gasteiger partial charge is 0.268 e. The Bertz CT molecular complexity index is 858. The third-order valence-corrected chi connectivity index (χ3v) is 11.4. The van der Waals surface area contributed by atoms with Crippen LogP contribution >= 0.6 is 0 Å². The molecule has 1 heterocycles. The van der Waals surface area contributed by atoms with Gasteiger partial charge in [0, 0.05) is 6.08 Å². The van der Waals surface area contributed by atoms with E-state index in [0.717, 1.165) is 4.31 Å². The average molecular weight is 396 g/mol. The van der Waals surface area contributed by atoms with Gasteiger partial charge < -0.3 is 4.43 Å². The predicted octanol–water partition coefficient (Wildman–Crippen LogP) is 4.38. The zero-order valence-corrected chi connectivity index (χ0v) is 18.7. The Balaban J connectivity index is 2.43. The number of carbonyl (C=O) groups excluding carboxylic acids is 1. The van der Waals surface area contributed by atoms with Gasteiger partial charge in [0.2, 0.25) is 8.32 Å². The molecule has 0 unspecified atom stereocenters. The predicted molar refractivity (Wildman–Crippen MR) is 108 cm³/mol. The Labute approximate surface area is 158 Å². The highest BCUT2D eigenvalue weighted by molar-refractivity contribution is 7.99. The Morgan fingerprint density at radius 1 is 1.04 bits per heavy atom. The molecule has 0 bridgehead atoms. The molecule has 26 heavy (non-hydrogen) atoms. The summed E-state index contributed by atoms with van der Waals surface area (Å²) in [4.78, 5) is 12.3. The molecule has 0 aromatic heterocycles. The highest BCUT2D eigenvalue weighted by atomic mass is 32.2. The molecule has 2 rings (SSSR count). The van der Waals surface area contributed by atoms with Crippen molar-refractivity contribution in [2.24, 2.45) is 0 Å². The van der Waals surface area contributed by atoms with E-state index in [9.17, 15) is 13.2 Å². The number of benzene rings is 1. The lowest BCUT2D eigenvalue weighted by Crippen LogP contribution is -2.45. The lowest BCUT2D eigenvalue weighted by atomic mass is 10.1. The van der Waals surface area contributed by atoms with Crippen LogP contribution in [-0.4, -0.2) is 32.5 Å². The monoisotopic (exact) mass is 395 g/mol. The van der Waals surface area contributed by atoms with Crippen LogP contribution in [0.15, 0.2) is 30.3 Å². The highest BCUT2D eigenvalue weighted by Gasteiger charge is 2.44. The standard InChI is InChI=1S/C19H29NO4SSi/c1-18(2,3)20-17(21)13-16(25(20,22)23)14-10-9-11-15(12-14)24-26(7,8)19(4,5)6/h9-13H,1-8H3. The number of nitrogens with zero attached hydrogens (tertiary/aromatic N) is 1. The lowest BCUT2D eigenvalue weighted by molar-refractivity contribution is -0.123. The Morgan fingerprint density at radius 2 is 1.62 bits per heavy atom. The Morgan fingerprint density at radius 3 is 2.08 bits per heavy atom. The van der Waals surface area contributed by atoms with Crippen molar-refractivity contribution in [2.75, 3.05) is 0 Å². The molecule has 0 atom stereocenters. The molecule has 0 saturated carbocycles. The molecule has 144 valence electrons. The molecule has 1 aliphatic rings. The van der Waals surface area contributed by atoms with Crippen LogP contribution in [0.2, 0.25) is 18.1 Å². The summed E-state index contributed by atoms with van der Waals surface area (Å²) in [6, 6.07) is 7.00. The quantitative estimate of drug-likeness (QED) is 0.712. The Kier molecular flexibility index (Phi) is 4.96. The normalized spacial score (nSPS) is 18.1. The summed E-state index contributed by atoms with van der Waals surface area (Å²) in [6.07, 6.45) is 1.20. The lowest BCUT2D eigenvalue weighted by Gasteiger charge is -2.36. The third-order valence-electron chi connectivity index (χ3n) is 4.88. The molecular formula is C19H29NO4SSi. The van der Waals surface area contributed by atoms with Gasteiger partial charge in [-0.05, 0) is 56.6 Å². The second-order valence-corrected chi connectivity index (χ2v) is 15.7. The first-order valence-corrected chi connectivity index (χ1v) is 13.0. The van der Waals surface area contributed by atoms with Gasteiger partial charge >= 0.3 is 0 Å². The summed E-state index contributed by atoms with van der Waals surface area (Å²) in [7, 11) is -5.92. The average Bonchev–Trinajstić information content (AvgIpc) is 2.66. The molecule has 1 amide bonds. The second kappa shape index (κ2) is 6.23. The van der Waals surface area contributed by atoms with Crippen molar-refractivity contribution in [1.29, 1.82) is 0 Å². The summed E-state index contributed by atoms with van der Waals surface area (Å²) >= 11 is 0. The molecule has 1 aliphatic heterocycles. The van der Waals surface area contributed by atoms with Crippen LogP contribution < -0.4 is 4.43 Å². The van der Waals surface area contributed by atoms with E-state index < -0.39 is 29.8 Å². The topological polar surface area (TPSA) is 63.7 Å². The molecular weight excluding hydrogens is 366 g/mol. The van der Waals surface area contributed by atoms with E-state index in [-0.39, 0.29) is 9.94 Å². The maximum atomic E-state index is 12.9. The largest absolute Gasteiger partial charge is 0.543 e. The van der Waals surface area contributed by atoms with Crippen molar-refractivity contribution in [3.05, 3.63) is 35.9 Å². The first kappa shape index (κ1) is 20.7. The van der Waals surface area contributed by atoms with Gasteiger partial charge in [-0.3, -0.25) is 4.79 Å². The molecule has 0 aliphatic carbocycles. The maximum Gasteiger partial charge on any atom is 0.268 e. The summed E-state index contributed by atoms with van der Waals surface area (Å²) in [5.41, 5.74) is -0.343. The molecule has 0 radical (unpaired) electrons.